The fraction of sp³-hybridized carbons (Fsp3) is 0.727. The van der Waals surface area contributed by atoms with Gasteiger partial charge in [0.05, 0.1) is 6.10 Å². The van der Waals surface area contributed by atoms with Gasteiger partial charge in [0.2, 0.25) is 0 Å². The number of carbonyl (C=O) groups excluding carboxylic acids is 2. The topological polar surface area (TPSA) is 89.9 Å². The predicted molar refractivity (Wildman–Crippen MR) is 58.3 cm³/mol. The summed E-state index contributed by atoms with van der Waals surface area (Å²) in [6.07, 6.45) is -1.00. The highest BCUT2D eigenvalue weighted by atomic mass is 16.6. The third-order valence-electron chi connectivity index (χ3n) is 1.78. The number of hydrogen-bond acceptors (Lipinski definition) is 5. The SMILES string of the molecule is CC(=O)OC(CCCC(=O)O)C(=O)OC(C)C. The van der Waals surface area contributed by atoms with E-state index in [1.165, 1.54) is 6.92 Å². The monoisotopic (exact) mass is 246 g/mol. The van der Waals surface area contributed by atoms with Gasteiger partial charge in [-0.2, -0.15) is 0 Å². The van der Waals surface area contributed by atoms with Crippen LogP contribution in [0.25, 0.3) is 0 Å². The van der Waals surface area contributed by atoms with Crippen molar-refractivity contribution in [1.29, 1.82) is 0 Å². The van der Waals surface area contributed by atoms with Gasteiger partial charge in [0.1, 0.15) is 0 Å². The third-order valence-corrected chi connectivity index (χ3v) is 1.78. The summed E-state index contributed by atoms with van der Waals surface area (Å²) in [5, 5.41) is 8.47. The van der Waals surface area contributed by atoms with Gasteiger partial charge >= 0.3 is 17.9 Å². The van der Waals surface area contributed by atoms with Crippen molar-refractivity contribution in [3.8, 4) is 0 Å². The van der Waals surface area contributed by atoms with Crippen molar-refractivity contribution in [1.82, 2.24) is 0 Å². The molecular weight excluding hydrogens is 228 g/mol. The molecule has 0 rings (SSSR count). The molecule has 98 valence electrons. The van der Waals surface area contributed by atoms with E-state index in [2.05, 4.69) is 0 Å². The lowest BCUT2D eigenvalue weighted by atomic mass is 10.1. The Hall–Kier alpha value is -1.59. The summed E-state index contributed by atoms with van der Waals surface area (Å²) in [6.45, 7) is 4.55. The van der Waals surface area contributed by atoms with E-state index in [0.29, 0.717) is 0 Å². The number of hydrogen-bond donors (Lipinski definition) is 1. The molecule has 0 aliphatic rings. The van der Waals surface area contributed by atoms with Gasteiger partial charge in [0, 0.05) is 13.3 Å². The number of ether oxygens (including phenoxy) is 2. The Balaban J connectivity index is 4.26. The van der Waals surface area contributed by atoms with Crippen LogP contribution in [-0.2, 0) is 23.9 Å². The molecule has 0 bridgehead atoms. The lowest BCUT2D eigenvalue weighted by molar-refractivity contribution is -0.170. The van der Waals surface area contributed by atoms with E-state index < -0.39 is 24.0 Å². The highest BCUT2D eigenvalue weighted by Gasteiger charge is 2.24. The Bertz CT molecular complexity index is 284. The first-order chi connectivity index (χ1) is 7.82. The summed E-state index contributed by atoms with van der Waals surface area (Å²) < 4.78 is 9.70. The molecule has 1 atom stereocenters. The summed E-state index contributed by atoms with van der Waals surface area (Å²) in [5.41, 5.74) is 0. The first-order valence-corrected chi connectivity index (χ1v) is 5.42. The van der Waals surface area contributed by atoms with Crippen LogP contribution in [0.2, 0.25) is 0 Å². The van der Waals surface area contributed by atoms with Gasteiger partial charge in [0.15, 0.2) is 6.10 Å². The number of aliphatic carboxylic acids is 1. The van der Waals surface area contributed by atoms with E-state index in [0.717, 1.165) is 0 Å². The summed E-state index contributed by atoms with van der Waals surface area (Å²) in [5.74, 6) is -2.18. The maximum atomic E-state index is 11.5. The first kappa shape index (κ1) is 15.4. The molecule has 0 aromatic carbocycles. The Labute approximate surface area is 99.9 Å². The van der Waals surface area contributed by atoms with Crippen molar-refractivity contribution in [3.63, 3.8) is 0 Å². The Morgan fingerprint density at radius 1 is 1.18 bits per heavy atom. The van der Waals surface area contributed by atoms with Crippen LogP contribution in [0.3, 0.4) is 0 Å². The molecular formula is C11H18O6. The molecule has 6 nitrogen and oxygen atoms in total. The quantitative estimate of drug-likeness (QED) is 0.677. The summed E-state index contributed by atoms with van der Waals surface area (Å²) in [4.78, 5) is 32.6. The van der Waals surface area contributed by atoms with Crippen LogP contribution in [-0.4, -0.2) is 35.2 Å². The van der Waals surface area contributed by atoms with Crippen LogP contribution in [0.15, 0.2) is 0 Å². The van der Waals surface area contributed by atoms with E-state index in [1.54, 1.807) is 13.8 Å². The van der Waals surface area contributed by atoms with Gasteiger partial charge in [-0.15, -0.1) is 0 Å². The van der Waals surface area contributed by atoms with Crippen molar-refractivity contribution in [3.05, 3.63) is 0 Å². The fourth-order valence-electron chi connectivity index (χ4n) is 1.17. The molecule has 0 amide bonds. The molecule has 1 unspecified atom stereocenters. The maximum Gasteiger partial charge on any atom is 0.347 e. The second-order valence-corrected chi connectivity index (χ2v) is 3.87. The second kappa shape index (κ2) is 7.65. The zero-order valence-corrected chi connectivity index (χ0v) is 10.3. The number of carboxylic acids is 1. The zero-order chi connectivity index (χ0) is 13.4. The van der Waals surface area contributed by atoms with E-state index in [1.807, 2.05) is 0 Å². The molecule has 6 heteroatoms. The van der Waals surface area contributed by atoms with Gasteiger partial charge in [-0.3, -0.25) is 9.59 Å². The third kappa shape index (κ3) is 8.24. The van der Waals surface area contributed by atoms with Crippen molar-refractivity contribution >= 4 is 17.9 Å². The highest BCUT2D eigenvalue weighted by Crippen LogP contribution is 2.09. The average Bonchev–Trinajstić information content (AvgIpc) is 2.13. The fourth-order valence-corrected chi connectivity index (χ4v) is 1.17. The predicted octanol–water partition coefficient (Wildman–Crippen LogP) is 1.12. The van der Waals surface area contributed by atoms with Crippen molar-refractivity contribution in [2.45, 2.75) is 52.2 Å². The molecule has 0 aliphatic carbocycles. The van der Waals surface area contributed by atoms with Crippen LogP contribution < -0.4 is 0 Å². The van der Waals surface area contributed by atoms with Crippen molar-refractivity contribution < 1.29 is 29.0 Å². The van der Waals surface area contributed by atoms with E-state index in [4.69, 9.17) is 14.6 Å². The number of carbonyl (C=O) groups is 3. The van der Waals surface area contributed by atoms with Crippen molar-refractivity contribution in [2.75, 3.05) is 0 Å². The van der Waals surface area contributed by atoms with Crippen LogP contribution in [0.1, 0.15) is 40.0 Å². The molecule has 1 N–H and O–H groups in total. The van der Waals surface area contributed by atoms with Crippen LogP contribution in [0, 0.1) is 0 Å². The molecule has 17 heavy (non-hydrogen) atoms. The molecule has 0 spiro atoms. The lowest BCUT2D eigenvalue weighted by Gasteiger charge is -2.17. The van der Waals surface area contributed by atoms with Crippen molar-refractivity contribution in [2.24, 2.45) is 0 Å². The molecule has 0 aromatic rings. The molecule has 0 aromatic heterocycles. The number of rotatable bonds is 7. The Morgan fingerprint density at radius 2 is 1.76 bits per heavy atom. The molecule has 0 saturated carbocycles. The molecule has 0 aliphatic heterocycles. The summed E-state index contributed by atoms with van der Waals surface area (Å²) >= 11 is 0. The van der Waals surface area contributed by atoms with Crippen LogP contribution in [0.5, 0.6) is 0 Å². The van der Waals surface area contributed by atoms with E-state index in [9.17, 15) is 14.4 Å². The van der Waals surface area contributed by atoms with Crippen LogP contribution >= 0.6 is 0 Å². The lowest BCUT2D eigenvalue weighted by Crippen LogP contribution is -2.30. The minimum Gasteiger partial charge on any atom is -0.481 e. The largest absolute Gasteiger partial charge is 0.481 e. The maximum absolute atomic E-state index is 11.5. The normalized spacial score (nSPS) is 12.0. The zero-order valence-electron chi connectivity index (χ0n) is 10.3. The second-order valence-electron chi connectivity index (χ2n) is 3.87. The van der Waals surface area contributed by atoms with E-state index >= 15 is 0 Å². The van der Waals surface area contributed by atoms with Gasteiger partial charge < -0.3 is 14.6 Å². The number of carboxylic acid groups (broad SMARTS) is 1. The van der Waals surface area contributed by atoms with Crippen LogP contribution in [0.4, 0.5) is 0 Å². The first-order valence-electron chi connectivity index (χ1n) is 5.42. The molecule has 0 heterocycles. The van der Waals surface area contributed by atoms with Gasteiger partial charge in [0.25, 0.3) is 0 Å². The average molecular weight is 246 g/mol. The smallest absolute Gasteiger partial charge is 0.347 e. The summed E-state index contributed by atoms with van der Waals surface area (Å²) in [6, 6.07) is 0. The molecule has 0 radical (unpaired) electrons. The highest BCUT2D eigenvalue weighted by molar-refractivity contribution is 5.78. The minimum atomic E-state index is -1.02. The standard InChI is InChI=1S/C11H18O6/c1-7(2)16-11(15)9(17-8(3)12)5-4-6-10(13)14/h7,9H,4-6H2,1-3H3,(H,13,14). The summed E-state index contributed by atoms with van der Waals surface area (Å²) in [7, 11) is 0. The Kier molecular flexibility index (Phi) is 6.93. The Morgan fingerprint density at radius 3 is 2.18 bits per heavy atom. The van der Waals surface area contributed by atoms with Gasteiger partial charge in [-0.05, 0) is 26.7 Å². The van der Waals surface area contributed by atoms with Gasteiger partial charge in [-0.25, -0.2) is 4.79 Å². The molecule has 0 fully saturated rings. The molecule has 0 saturated heterocycles. The van der Waals surface area contributed by atoms with Gasteiger partial charge in [-0.1, -0.05) is 0 Å². The van der Waals surface area contributed by atoms with E-state index in [-0.39, 0.29) is 25.4 Å². The minimum absolute atomic E-state index is 0.0767. The number of esters is 2.